The minimum absolute atomic E-state index is 0.308. The number of ether oxygens (including phenoxy) is 1. The van der Waals surface area contributed by atoms with Crippen molar-refractivity contribution in [3.63, 3.8) is 0 Å². The van der Waals surface area contributed by atoms with E-state index < -0.39 is 0 Å². The maximum atomic E-state index is 13.7. The largest absolute Gasteiger partial charge is 0.384 e. The molecule has 0 atom stereocenters. The number of methoxy groups -OCH3 is 1. The first-order valence-electron chi connectivity index (χ1n) is 8.09. The van der Waals surface area contributed by atoms with Gasteiger partial charge in [0.2, 0.25) is 0 Å². The van der Waals surface area contributed by atoms with Crippen molar-refractivity contribution in [3.05, 3.63) is 63.5 Å². The summed E-state index contributed by atoms with van der Waals surface area (Å²) in [4.78, 5) is 7.63. The lowest BCUT2D eigenvalue weighted by molar-refractivity contribution is 0.202. The van der Waals surface area contributed by atoms with Crippen LogP contribution < -0.4 is 4.72 Å². The van der Waals surface area contributed by atoms with Gasteiger partial charge in [-0.1, -0.05) is 30.5 Å². The number of benzene rings is 2. The molecule has 0 radical (unpaired) electrons. The smallest absolute Gasteiger partial charge is 0.138 e. The molecule has 27 heavy (non-hydrogen) atoms. The number of halogens is 3. The third kappa shape index (κ3) is 6.05. The Morgan fingerprint density at radius 3 is 2.63 bits per heavy atom. The molecule has 0 amide bonds. The van der Waals surface area contributed by atoms with E-state index in [1.165, 1.54) is 6.07 Å². The van der Waals surface area contributed by atoms with Gasteiger partial charge in [-0.05, 0) is 65.3 Å². The number of H-pyrrole nitrogens is 1. The molecule has 0 aliphatic heterocycles. The highest BCUT2D eigenvalue weighted by atomic mass is 79.9. The molecule has 3 aromatic rings. The van der Waals surface area contributed by atoms with Gasteiger partial charge in [0.15, 0.2) is 0 Å². The zero-order valence-electron chi connectivity index (χ0n) is 14.9. The highest BCUT2D eigenvalue weighted by Crippen LogP contribution is 2.27. The Kier molecular flexibility index (Phi) is 8.79. The number of nitrogens with zero attached hydrogens (tertiary/aromatic N) is 1. The summed E-state index contributed by atoms with van der Waals surface area (Å²) in [5.74, 6) is 0.403. The van der Waals surface area contributed by atoms with Crippen LogP contribution in [0.5, 0.6) is 0 Å². The van der Waals surface area contributed by atoms with Gasteiger partial charge in [0.1, 0.15) is 11.6 Å². The van der Waals surface area contributed by atoms with Crippen molar-refractivity contribution in [1.82, 2.24) is 14.7 Å². The van der Waals surface area contributed by atoms with E-state index in [4.69, 9.17) is 16.3 Å². The van der Waals surface area contributed by atoms with Crippen molar-refractivity contribution in [2.45, 2.75) is 6.42 Å². The maximum absolute atomic E-state index is 13.7. The summed E-state index contributed by atoms with van der Waals surface area (Å²) < 4.78 is 21.7. The molecule has 1 heterocycles. The molecule has 2 aromatic carbocycles. The minimum Gasteiger partial charge on any atom is -0.384 e. The fraction of sp³-hybridized carbons (Fsp3) is 0.211. The number of aromatic nitrogens is 2. The molecule has 0 aliphatic rings. The monoisotopic (exact) mass is 471 g/mol. The lowest BCUT2D eigenvalue weighted by Gasteiger charge is -2.06. The van der Waals surface area contributed by atoms with Gasteiger partial charge in [0.25, 0.3) is 0 Å². The number of hydrogen-bond acceptors (Lipinski definition) is 4. The molecule has 0 saturated heterocycles. The topological polar surface area (TPSA) is 49.9 Å². The van der Waals surface area contributed by atoms with E-state index in [1.807, 2.05) is 24.3 Å². The average molecular weight is 473 g/mol. The van der Waals surface area contributed by atoms with Crippen LogP contribution in [0.2, 0.25) is 5.02 Å². The SMILES string of the molecule is CNS.COCCc1cc(-c2ncc(-c3ccc(Br)c(F)c3)[nH]2)ccc1Cl. The molecule has 0 spiro atoms. The zero-order chi connectivity index (χ0) is 19.8. The van der Waals surface area contributed by atoms with E-state index in [1.54, 1.807) is 26.4 Å². The lowest BCUT2D eigenvalue weighted by Crippen LogP contribution is -1.96. The molecule has 0 unspecified atom stereocenters. The second kappa shape index (κ2) is 10.8. The number of thiol groups is 1. The molecule has 8 heteroatoms. The Bertz CT molecular complexity index is 891. The van der Waals surface area contributed by atoms with Crippen molar-refractivity contribution in [3.8, 4) is 22.6 Å². The van der Waals surface area contributed by atoms with Crippen LogP contribution in [0.1, 0.15) is 5.56 Å². The fourth-order valence-corrected chi connectivity index (χ4v) is 2.86. The summed E-state index contributed by atoms with van der Waals surface area (Å²) in [6.07, 6.45) is 2.43. The van der Waals surface area contributed by atoms with Crippen molar-refractivity contribution >= 4 is 40.3 Å². The van der Waals surface area contributed by atoms with Gasteiger partial charge in [0, 0.05) is 23.3 Å². The van der Waals surface area contributed by atoms with Gasteiger partial charge >= 0.3 is 0 Å². The summed E-state index contributed by atoms with van der Waals surface area (Å²) in [6.45, 7) is 0.602. The summed E-state index contributed by atoms with van der Waals surface area (Å²) in [5, 5.41) is 0.706. The standard InChI is InChI=1S/C18H15BrClFN2O.CH5NS/c1-24-7-6-11-8-13(3-5-15(11)20)18-22-10-17(23-18)12-2-4-14(19)16(21)9-12;1-2-3/h2-5,8-10H,6-7H2,1H3,(H,22,23);2-3H,1H3. The van der Waals surface area contributed by atoms with Gasteiger partial charge in [0.05, 0.1) is 23.0 Å². The summed E-state index contributed by atoms with van der Waals surface area (Å²) in [5.41, 5.74) is 3.42. The van der Waals surface area contributed by atoms with Crippen LogP contribution in [0, 0.1) is 5.82 Å². The number of hydrogen-bond donors (Lipinski definition) is 3. The normalized spacial score (nSPS) is 10.4. The average Bonchev–Trinajstić information content (AvgIpc) is 3.14. The molecule has 0 bridgehead atoms. The van der Waals surface area contributed by atoms with E-state index >= 15 is 0 Å². The number of rotatable bonds is 5. The maximum Gasteiger partial charge on any atom is 0.138 e. The third-order valence-corrected chi connectivity index (χ3v) is 4.71. The van der Waals surface area contributed by atoms with Crippen LogP contribution in [-0.4, -0.2) is 30.7 Å². The van der Waals surface area contributed by atoms with E-state index in [0.29, 0.717) is 21.9 Å². The molecule has 0 fully saturated rings. The summed E-state index contributed by atoms with van der Waals surface area (Å²) in [6, 6.07) is 10.7. The highest BCUT2D eigenvalue weighted by Gasteiger charge is 2.10. The predicted octanol–water partition coefficient (Wildman–Crippen LogP) is 5.54. The van der Waals surface area contributed by atoms with E-state index in [0.717, 1.165) is 28.8 Å². The van der Waals surface area contributed by atoms with Crippen LogP contribution >= 0.6 is 40.3 Å². The Labute approximate surface area is 177 Å². The minimum atomic E-state index is -0.308. The van der Waals surface area contributed by atoms with Gasteiger partial charge in [-0.15, -0.1) is 0 Å². The van der Waals surface area contributed by atoms with Crippen molar-refractivity contribution in [2.75, 3.05) is 20.8 Å². The number of aromatic amines is 1. The van der Waals surface area contributed by atoms with Gasteiger partial charge in [-0.3, -0.25) is 4.72 Å². The van der Waals surface area contributed by atoms with E-state index in [-0.39, 0.29) is 5.82 Å². The van der Waals surface area contributed by atoms with Crippen molar-refractivity contribution < 1.29 is 9.13 Å². The Morgan fingerprint density at radius 2 is 1.96 bits per heavy atom. The molecule has 144 valence electrons. The second-order valence-corrected chi connectivity index (χ2v) is 7.26. The molecular formula is C19H20BrClFN3OS. The van der Waals surface area contributed by atoms with E-state index in [9.17, 15) is 4.39 Å². The van der Waals surface area contributed by atoms with Crippen LogP contribution in [0.4, 0.5) is 4.39 Å². The third-order valence-electron chi connectivity index (χ3n) is 3.70. The molecule has 0 saturated carbocycles. The first-order valence-corrected chi connectivity index (χ1v) is 9.71. The summed E-state index contributed by atoms with van der Waals surface area (Å²) in [7, 11) is 3.40. The molecule has 3 rings (SSSR count). The van der Waals surface area contributed by atoms with Crippen LogP contribution in [0.25, 0.3) is 22.6 Å². The number of imidazole rings is 1. The quantitative estimate of drug-likeness (QED) is 0.427. The van der Waals surface area contributed by atoms with Crippen LogP contribution in [0.3, 0.4) is 0 Å². The highest BCUT2D eigenvalue weighted by molar-refractivity contribution is 9.10. The Hall–Kier alpha value is -1.38. The lowest BCUT2D eigenvalue weighted by atomic mass is 10.1. The summed E-state index contributed by atoms with van der Waals surface area (Å²) >= 11 is 12.9. The zero-order valence-corrected chi connectivity index (χ0v) is 18.1. The van der Waals surface area contributed by atoms with Crippen molar-refractivity contribution in [2.24, 2.45) is 0 Å². The molecule has 1 aromatic heterocycles. The van der Waals surface area contributed by atoms with E-state index in [2.05, 4.69) is 43.4 Å². The van der Waals surface area contributed by atoms with Gasteiger partial charge in [-0.2, -0.15) is 0 Å². The van der Waals surface area contributed by atoms with Gasteiger partial charge in [-0.25, -0.2) is 9.37 Å². The molecule has 0 aliphatic carbocycles. The fourth-order valence-electron chi connectivity index (χ4n) is 2.40. The molecule has 4 nitrogen and oxygen atoms in total. The predicted molar refractivity (Wildman–Crippen MR) is 116 cm³/mol. The Balaban J connectivity index is 0.000000817. The second-order valence-electron chi connectivity index (χ2n) is 5.55. The molecule has 2 N–H and O–H groups in total. The molecular weight excluding hydrogens is 453 g/mol. The first-order chi connectivity index (χ1) is 13.0. The number of nitrogens with one attached hydrogen (secondary N) is 2. The van der Waals surface area contributed by atoms with Crippen LogP contribution in [0.15, 0.2) is 47.1 Å². The Morgan fingerprint density at radius 1 is 1.26 bits per heavy atom. The van der Waals surface area contributed by atoms with Gasteiger partial charge < -0.3 is 9.72 Å². The van der Waals surface area contributed by atoms with Crippen LogP contribution in [-0.2, 0) is 11.2 Å². The first kappa shape index (κ1) is 21.9. The van der Waals surface area contributed by atoms with Crippen molar-refractivity contribution in [1.29, 1.82) is 0 Å².